The molecule has 0 fully saturated rings. The molecule has 0 aliphatic heterocycles. The topological polar surface area (TPSA) is 25.8 Å². The molecule has 0 aliphatic rings. The van der Waals surface area contributed by atoms with Crippen LogP contribution in [0.4, 0.5) is 0 Å². The summed E-state index contributed by atoms with van der Waals surface area (Å²) in [5.41, 5.74) is 12.0. The van der Waals surface area contributed by atoms with Crippen molar-refractivity contribution in [3.63, 3.8) is 0 Å². The van der Waals surface area contributed by atoms with Gasteiger partial charge in [0.15, 0.2) is 0 Å². The van der Waals surface area contributed by atoms with Gasteiger partial charge in [-0.3, -0.25) is 0 Å². The van der Waals surface area contributed by atoms with Crippen molar-refractivity contribution >= 4 is 44.8 Å². The van der Waals surface area contributed by atoms with Crippen LogP contribution in [0, 0.1) is 12.1 Å². The van der Waals surface area contributed by atoms with Crippen LogP contribution in [-0.4, -0.2) is 18.0 Å². The Morgan fingerprint density at radius 2 is 1.36 bits per heavy atom. The number of benzene rings is 5. The molecule has 285 valence electrons. The van der Waals surface area contributed by atoms with E-state index < -0.39 is 8.07 Å². The van der Waals surface area contributed by atoms with Gasteiger partial charge in [0.2, 0.25) is 0 Å². The van der Waals surface area contributed by atoms with Gasteiger partial charge in [-0.05, 0) is 67.3 Å². The fourth-order valence-corrected chi connectivity index (χ4v) is 10.3. The molecule has 0 spiro atoms. The maximum Gasteiger partial charge on any atom is 0.0799 e. The third kappa shape index (κ3) is 8.88. The van der Waals surface area contributed by atoms with Gasteiger partial charge in [0, 0.05) is 43.1 Å². The number of thiophene rings is 1. The third-order valence-corrected chi connectivity index (χ3v) is 13.7. The van der Waals surface area contributed by atoms with Crippen molar-refractivity contribution in [2.24, 2.45) is 0 Å². The van der Waals surface area contributed by atoms with Gasteiger partial charge in [-0.25, -0.2) is 0 Å². The fraction of sp³-hybridized carbons (Fsp3) is 0.216. The van der Waals surface area contributed by atoms with Crippen LogP contribution in [0.15, 0.2) is 140 Å². The van der Waals surface area contributed by atoms with E-state index in [4.69, 9.17) is 4.98 Å². The van der Waals surface area contributed by atoms with Crippen molar-refractivity contribution < 1.29 is 20.1 Å². The first-order valence-electron chi connectivity index (χ1n) is 19.4. The summed E-state index contributed by atoms with van der Waals surface area (Å²) in [5.74, 6) is 1.33. The second kappa shape index (κ2) is 17.7. The molecule has 3 heterocycles. The Bertz CT molecular complexity index is 2540. The molecule has 0 N–H and O–H groups in total. The Balaban J connectivity index is 0.000000226. The van der Waals surface area contributed by atoms with Crippen molar-refractivity contribution in [3.8, 4) is 33.6 Å². The van der Waals surface area contributed by atoms with Gasteiger partial charge in [-0.2, -0.15) is 11.3 Å². The third-order valence-electron chi connectivity index (χ3n) is 10.5. The molecule has 1 unspecified atom stereocenters. The van der Waals surface area contributed by atoms with Crippen molar-refractivity contribution in [1.29, 1.82) is 0 Å². The molecule has 0 aliphatic carbocycles. The zero-order valence-corrected chi connectivity index (χ0v) is 37.9. The summed E-state index contributed by atoms with van der Waals surface area (Å²) in [6.45, 7) is 18.4. The number of rotatable bonds is 8. The predicted octanol–water partition coefficient (Wildman–Crippen LogP) is 14.1. The molecule has 3 aromatic heterocycles. The van der Waals surface area contributed by atoms with Crippen LogP contribution in [0.3, 0.4) is 0 Å². The summed E-state index contributed by atoms with van der Waals surface area (Å²) in [6, 6.07) is 52.0. The molecule has 1 atom stereocenters. The first-order valence-corrected chi connectivity index (χ1v) is 23.8. The molecule has 56 heavy (non-hydrogen) atoms. The van der Waals surface area contributed by atoms with Crippen molar-refractivity contribution in [3.05, 3.63) is 174 Å². The second-order valence-corrected chi connectivity index (χ2v) is 22.2. The molecule has 1 radical (unpaired) electrons. The van der Waals surface area contributed by atoms with Crippen LogP contribution in [0.1, 0.15) is 74.6 Å². The van der Waals surface area contributed by atoms with Gasteiger partial charge >= 0.3 is 0 Å². The number of nitrogens with zero attached hydrogens (tertiary/aromatic N) is 2. The zero-order valence-electron chi connectivity index (χ0n) is 33.6. The van der Waals surface area contributed by atoms with Gasteiger partial charge in [-0.15, -0.1) is 53.6 Å². The molecule has 2 nitrogen and oxygen atoms in total. The number of pyridine rings is 2. The summed E-state index contributed by atoms with van der Waals surface area (Å²) in [5, 5.41) is 4.08. The average Bonchev–Trinajstić information content (AvgIpc) is 3.60. The van der Waals surface area contributed by atoms with E-state index in [0.29, 0.717) is 17.8 Å². The number of aromatic nitrogens is 2. The average molecular weight is 943 g/mol. The molecule has 5 heteroatoms. The first-order chi connectivity index (χ1) is 26.5. The van der Waals surface area contributed by atoms with Crippen LogP contribution < -0.4 is 5.19 Å². The Labute approximate surface area is 352 Å². The summed E-state index contributed by atoms with van der Waals surface area (Å²) in [7, 11) is -1.34. The van der Waals surface area contributed by atoms with E-state index >= 15 is 0 Å². The van der Waals surface area contributed by atoms with Crippen LogP contribution >= 0.6 is 11.3 Å². The van der Waals surface area contributed by atoms with Crippen LogP contribution in [-0.2, 0) is 20.1 Å². The monoisotopic (exact) mass is 943 g/mol. The van der Waals surface area contributed by atoms with Crippen molar-refractivity contribution in [2.75, 3.05) is 0 Å². The number of hydrogen-bond acceptors (Lipinski definition) is 3. The Morgan fingerprint density at radius 1 is 0.643 bits per heavy atom. The fourth-order valence-electron chi connectivity index (χ4n) is 7.30. The van der Waals surface area contributed by atoms with Gasteiger partial charge in [0.05, 0.1) is 8.07 Å². The van der Waals surface area contributed by atoms with E-state index in [1.807, 2.05) is 35.7 Å². The molecule has 5 aromatic carbocycles. The SMILES string of the molecule is CC(C)c1cc(-c2[c-]cccc2)ncc1[Si](C)(C)C.CC(C)c1ccc2c(c1)sc1c(-c3cc(C(C)c4ccccc4)ccn3)[c-]cc(-c3ccccc3)c12.[Ir]. The van der Waals surface area contributed by atoms with Crippen molar-refractivity contribution in [2.45, 2.75) is 72.0 Å². The van der Waals surface area contributed by atoms with E-state index in [9.17, 15) is 0 Å². The molecule has 8 aromatic rings. The summed E-state index contributed by atoms with van der Waals surface area (Å²) >= 11 is 1.86. The van der Waals surface area contributed by atoms with Crippen LogP contribution in [0.25, 0.3) is 53.8 Å². The Morgan fingerprint density at radius 3 is 2.02 bits per heavy atom. The summed E-state index contributed by atoms with van der Waals surface area (Å²) in [4.78, 5) is 9.49. The van der Waals surface area contributed by atoms with Gasteiger partial charge in [0.1, 0.15) is 0 Å². The summed E-state index contributed by atoms with van der Waals surface area (Å²) in [6.07, 6.45) is 4.04. The molecule has 0 amide bonds. The normalized spacial score (nSPS) is 12.0. The molecule has 0 bridgehead atoms. The summed E-state index contributed by atoms with van der Waals surface area (Å²) < 4.78 is 2.58. The Hall–Kier alpha value is -4.51. The maximum atomic E-state index is 4.83. The minimum atomic E-state index is -1.34. The van der Waals surface area contributed by atoms with Crippen LogP contribution in [0.5, 0.6) is 0 Å². The standard InChI is InChI=1S/C34H28NS.C17H22NSi.Ir/c1-22(2)26-14-15-30-32(21-26)36-34-29(17-16-28(33(30)34)25-12-8-5-9-13-25)31-20-27(18-19-35-31)23(3)24-10-6-4-7-11-24;1-13(2)15-11-16(14-9-7-6-8-10-14)18-12-17(15)19(3,4)5;/h4-16,18-23H,1-3H3;6-9,11-13H,1-5H3;/q2*-1;. The zero-order chi connectivity index (χ0) is 38.7. The van der Waals surface area contributed by atoms with Crippen molar-refractivity contribution in [1.82, 2.24) is 9.97 Å². The number of fused-ring (bicyclic) bond motifs is 3. The molecule has 0 saturated heterocycles. The first kappa shape index (κ1) is 41.1. The van der Waals surface area contributed by atoms with E-state index in [1.165, 1.54) is 58.7 Å². The van der Waals surface area contributed by atoms with E-state index in [0.717, 1.165) is 22.5 Å². The second-order valence-electron chi connectivity index (χ2n) is 16.1. The van der Waals surface area contributed by atoms with E-state index in [2.05, 4.69) is 187 Å². The van der Waals surface area contributed by atoms with Gasteiger partial charge in [-0.1, -0.05) is 161 Å². The number of hydrogen-bond donors (Lipinski definition) is 0. The minimum absolute atomic E-state index is 0. The largest absolute Gasteiger partial charge is 0.305 e. The molecule has 8 rings (SSSR count). The minimum Gasteiger partial charge on any atom is -0.305 e. The molecule has 0 saturated carbocycles. The molecular weight excluding hydrogens is 893 g/mol. The van der Waals surface area contributed by atoms with E-state index in [1.54, 1.807) is 0 Å². The van der Waals surface area contributed by atoms with Crippen LogP contribution in [0.2, 0.25) is 19.6 Å². The van der Waals surface area contributed by atoms with Gasteiger partial charge < -0.3 is 9.97 Å². The molecular formula is C51H50IrN2SSi-2. The Kier molecular flexibility index (Phi) is 13.0. The maximum absolute atomic E-state index is 4.83. The van der Waals surface area contributed by atoms with E-state index in [-0.39, 0.29) is 20.1 Å². The predicted molar refractivity (Wildman–Crippen MR) is 240 cm³/mol. The van der Waals surface area contributed by atoms with Gasteiger partial charge in [0.25, 0.3) is 0 Å². The quantitative estimate of drug-likeness (QED) is 0.112. The smallest absolute Gasteiger partial charge is 0.0799 e.